The summed E-state index contributed by atoms with van der Waals surface area (Å²) in [6.07, 6.45) is 14.8. The molecule has 0 radical (unpaired) electrons. The van der Waals surface area contributed by atoms with Crippen molar-refractivity contribution in [1.29, 1.82) is 0 Å². The van der Waals surface area contributed by atoms with E-state index in [1.165, 1.54) is 19.3 Å². The Morgan fingerprint density at radius 2 is 1.85 bits per heavy atom. The van der Waals surface area contributed by atoms with Crippen molar-refractivity contribution in [3.8, 4) is 11.3 Å². The molecule has 6 rings (SSSR count). The van der Waals surface area contributed by atoms with Gasteiger partial charge in [0, 0.05) is 42.9 Å². The van der Waals surface area contributed by atoms with Gasteiger partial charge < -0.3 is 4.90 Å². The first-order chi connectivity index (χ1) is 16.3. The van der Waals surface area contributed by atoms with Gasteiger partial charge in [-0.2, -0.15) is 5.10 Å². The maximum Gasteiger partial charge on any atom is 0.254 e. The van der Waals surface area contributed by atoms with E-state index in [4.69, 9.17) is 4.98 Å². The first kappa shape index (κ1) is 20.0. The molecular formula is C26H26N6O. The van der Waals surface area contributed by atoms with E-state index < -0.39 is 0 Å². The van der Waals surface area contributed by atoms with Crippen LogP contribution in [0.4, 0.5) is 0 Å². The first-order valence-corrected chi connectivity index (χ1v) is 11.7. The number of pyridine rings is 3. The molecule has 0 aromatic carbocycles. The molecule has 1 amide bonds. The Labute approximate surface area is 192 Å². The number of hydrogen-bond acceptors (Lipinski definition) is 5. The van der Waals surface area contributed by atoms with Gasteiger partial charge in [-0.05, 0) is 61.4 Å². The standard InChI is InChI=1S/C26H26N6O/c33-26(31-12-4-8-19-6-1-9-24(19)31)21-13-23(20-7-3-11-28-15-20)30-25-22(21)16-29-32(25)17-18-5-2-10-27-14-18/h2-3,5,7,10-11,13-16,19,24H,1,4,6,8-9,12,17H2. The highest BCUT2D eigenvalue weighted by Gasteiger charge is 2.38. The predicted molar refractivity (Wildman–Crippen MR) is 125 cm³/mol. The van der Waals surface area contributed by atoms with Gasteiger partial charge in [0.15, 0.2) is 5.65 Å². The molecule has 2 unspecified atom stereocenters. The lowest BCUT2D eigenvalue weighted by atomic mass is 9.91. The van der Waals surface area contributed by atoms with Crippen LogP contribution in [-0.2, 0) is 6.54 Å². The number of rotatable bonds is 4. The number of nitrogens with zero attached hydrogens (tertiary/aromatic N) is 6. The van der Waals surface area contributed by atoms with Crippen LogP contribution in [0.15, 0.2) is 61.3 Å². The lowest BCUT2D eigenvalue weighted by molar-refractivity contribution is 0.0550. The Balaban J connectivity index is 1.46. The molecule has 5 heterocycles. The second kappa shape index (κ2) is 8.39. The quantitative estimate of drug-likeness (QED) is 0.474. The van der Waals surface area contributed by atoms with Crippen LogP contribution in [0.25, 0.3) is 22.3 Å². The minimum absolute atomic E-state index is 0.102. The molecule has 2 aliphatic rings. The van der Waals surface area contributed by atoms with Gasteiger partial charge in [0.1, 0.15) is 0 Å². The fourth-order valence-corrected chi connectivity index (χ4v) is 5.53. The van der Waals surface area contributed by atoms with E-state index in [9.17, 15) is 4.79 Å². The molecule has 1 aliphatic carbocycles. The van der Waals surface area contributed by atoms with Crippen LogP contribution in [-0.4, -0.2) is 48.1 Å². The van der Waals surface area contributed by atoms with Crippen molar-refractivity contribution in [2.45, 2.75) is 44.7 Å². The van der Waals surface area contributed by atoms with Gasteiger partial charge in [-0.15, -0.1) is 0 Å². The van der Waals surface area contributed by atoms with Gasteiger partial charge in [0.2, 0.25) is 0 Å². The van der Waals surface area contributed by atoms with Crippen LogP contribution in [0.1, 0.15) is 48.0 Å². The van der Waals surface area contributed by atoms with Crippen molar-refractivity contribution >= 4 is 16.9 Å². The van der Waals surface area contributed by atoms with Gasteiger partial charge in [-0.25, -0.2) is 9.67 Å². The Hall–Kier alpha value is -3.61. The van der Waals surface area contributed by atoms with Crippen molar-refractivity contribution in [3.05, 3.63) is 72.4 Å². The van der Waals surface area contributed by atoms with E-state index in [0.29, 0.717) is 29.7 Å². The van der Waals surface area contributed by atoms with Crippen molar-refractivity contribution in [3.63, 3.8) is 0 Å². The van der Waals surface area contributed by atoms with E-state index in [1.54, 1.807) is 24.8 Å². The predicted octanol–water partition coefficient (Wildman–Crippen LogP) is 4.34. The van der Waals surface area contributed by atoms with Crippen LogP contribution in [0, 0.1) is 5.92 Å². The molecule has 7 nitrogen and oxygen atoms in total. The molecule has 1 saturated heterocycles. The molecule has 1 aliphatic heterocycles. The van der Waals surface area contributed by atoms with Gasteiger partial charge in [-0.1, -0.05) is 12.5 Å². The fourth-order valence-electron chi connectivity index (χ4n) is 5.53. The van der Waals surface area contributed by atoms with E-state index >= 15 is 0 Å². The molecule has 2 fully saturated rings. The van der Waals surface area contributed by atoms with E-state index in [1.807, 2.05) is 41.2 Å². The first-order valence-electron chi connectivity index (χ1n) is 11.7. The third-order valence-corrected chi connectivity index (χ3v) is 7.11. The summed E-state index contributed by atoms with van der Waals surface area (Å²) >= 11 is 0. The molecule has 0 bridgehead atoms. The molecule has 0 spiro atoms. The van der Waals surface area contributed by atoms with Crippen LogP contribution >= 0.6 is 0 Å². The largest absolute Gasteiger partial charge is 0.335 e. The van der Waals surface area contributed by atoms with Crippen molar-refractivity contribution in [2.24, 2.45) is 5.92 Å². The zero-order valence-electron chi connectivity index (χ0n) is 18.5. The highest BCUT2D eigenvalue weighted by molar-refractivity contribution is 6.06. The number of carbonyl (C=O) groups excluding carboxylic acids is 1. The second-order valence-electron chi connectivity index (χ2n) is 9.10. The maximum absolute atomic E-state index is 13.9. The van der Waals surface area contributed by atoms with E-state index in [2.05, 4.69) is 20.0 Å². The summed E-state index contributed by atoms with van der Waals surface area (Å²) in [6, 6.07) is 10.1. The zero-order valence-corrected chi connectivity index (χ0v) is 18.5. The Kier molecular flexibility index (Phi) is 5.09. The summed E-state index contributed by atoms with van der Waals surface area (Å²) in [5.74, 6) is 0.746. The summed E-state index contributed by atoms with van der Waals surface area (Å²) < 4.78 is 1.86. The van der Waals surface area contributed by atoms with Crippen molar-refractivity contribution in [2.75, 3.05) is 6.54 Å². The van der Waals surface area contributed by atoms with Gasteiger partial charge in [0.05, 0.1) is 29.4 Å². The summed E-state index contributed by atoms with van der Waals surface area (Å²) in [5.41, 5.74) is 4.06. The number of aromatic nitrogens is 5. The van der Waals surface area contributed by atoms with Gasteiger partial charge in [-0.3, -0.25) is 14.8 Å². The maximum atomic E-state index is 13.9. The molecule has 4 aromatic heterocycles. The Morgan fingerprint density at radius 1 is 1.00 bits per heavy atom. The van der Waals surface area contributed by atoms with Gasteiger partial charge >= 0.3 is 0 Å². The molecule has 4 aromatic rings. The molecule has 166 valence electrons. The zero-order chi connectivity index (χ0) is 22.2. The number of likely N-dealkylation sites (tertiary alicyclic amines) is 1. The lowest BCUT2D eigenvalue weighted by Crippen LogP contribution is -2.46. The number of hydrogen-bond donors (Lipinski definition) is 0. The summed E-state index contributed by atoms with van der Waals surface area (Å²) in [7, 11) is 0. The van der Waals surface area contributed by atoms with E-state index in [-0.39, 0.29) is 5.91 Å². The normalized spacial score (nSPS) is 20.2. The van der Waals surface area contributed by atoms with Crippen LogP contribution in [0.3, 0.4) is 0 Å². The van der Waals surface area contributed by atoms with Gasteiger partial charge in [0.25, 0.3) is 5.91 Å². The molecule has 7 heteroatoms. The van der Waals surface area contributed by atoms with Crippen LogP contribution in [0.2, 0.25) is 0 Å². The van der Waals surface area contributed by atoms with Crippen LogP contribution in [0.5, 0.6) is 0 Å². The average Bonchev–Trinajstić information content (AvgIpc) is 3.51. The van der Waals surface area contributed by atoms with Crippen LogP contribution < -0.4 is 0 Å². The minimum atomic E-state index is 0.102. The molecule has 0 N–H and O–H groups in total. The van der Waals surface area contributed by atoms with E-state index in [0.717, 1.165) is 41.6 Å². The second-order valence-corrected chi connectivity index (χ2v) is 9.10. The number of piperidine rings is 1. The summed E-state index contributed by atoms with van der Waals surface area (Å²) in [4.78, 5) is 29.5. The Morgan fingerprint density at radius 3 is 2.67 bits per heavy atom. The third kappa shape index (κ3) is 3.67. The monoisotopic (exact) mass is 438 g/mol. The number of amides is 1. The lowest BCUT2D eigenvalue weighted by Gasteiger charge is -2.38. The minimum Gasteiger partial charge on any atom is -0.335 e. The molecule has 2 atom stereocenters. The smallest absolute Gasteiger partial charge is 0.254 e. The van der Waals surface area contributed by atoms with Crippen molar-refractivity contribution in [1.82, 2.24) is 29.6 Å². The Bertz CT molecular complexity index is 1290. The molecular weight excluding hydrogens is 412 g/mol. The number of carbonyl (C=O) groups is 1. The molecule has 33 heavy (non-hydrogen) atoms. The van der Waals surface area contributed by atoms with Crippen molar-refractivity contribution < 1.29 is 4.79 Å². The fraction of sp³-hybridized carbons (Fsp3) is 0.346. The topological polar surface area (TPSA) is 76.8 Å². The summed E-state index contributed by atoms with van der Waals surface area (Å²) in [6.45, 7) is 1.37. The number of fused-ring (bicyclic) bond motifs is 2. The highest BCUT2D eigenvalue weighted by atomic mass is 16.2. The summed E-state index contributed by atoms with van der Waals surface area (Å²) in [5, 5.41) is 5.42. The SMILES string of the molecule is O=C(c1cc(-c2cccnc2)nc2c1cnn2Cc1cccnc1)N1CCCC2CCCC21. The average molecular weight is 439 g/mol. The molecule has 1 saturated carbocycles. The highest BCUT2D eigenvalue weighted by Crippen LogP contribution is 2.38. The third-order valence-electron chi connectivity index (χ3n) is 7.11.